The first-order valence-corrected chi connectivity index (χ1v) is 7.31. The van der Waals surface area contributed by atoms with Gasteiger partial charge in [-0.05, 0) is 31.0 Å². The Morgan fingerprint density at radius 3 is 2.33 bits per heavy atom. The molecule has 1 aromatic carbocycles. The number of thiocarbonyl (C=S) groups is 1. The van der Waals surface area contributed by atoms with Crippen LogP contribution in [0, 0.1) is 0 Å². The maximum atomic E-state index is 6.02. The number of hydrogen-bond donors (Lipinski definition) is 1. The molecule has 0 aromatic heterocycles. The zero-order valence-corrected chi connectivity index (χ0v) is 12.1. The summed E-state index contributed by atoms with van der Waals surface area (Å²) >= 11 is 11.2. The number of rotatable bonds is 2. The molecule has 1 heterocycles. The van der Waals surface area contributed by atoms with E-state index in [2.05, 4.69) is 4.90 Å². The Kier molecular flexibility index (Phi) is 4.84. The van der Waals surface area contributed by atoms with Crippen LogP contribution in [0.25, 0.3) is 0 Å². The summed E-state index contributed by atoms with van der Waals surface area (Å²) in [5.74, 6) is 0. The number of nitrogens with two attached hydrogens (primary N) is 1. The molecule has 1 saturated heterocycles. The Bertz CT molecular complexity index is 426. The van der Waals surface area contributed by atoms with Gasteiger partial charge in [0.15, 0.2) is 0 Å². The van der Waals surface area contributed by atoms with Crippen molar-refractivity contribution in [1.82, 2.24) is 0 Å². The lowest BCUT2D eigenvalue weighted by molar-refractivity contribution is 0.556. The van der Waals surface area contributed by atoms with Crippen LogP contribution >= 0.6 is 23.8 Å². The first-order valence-electron chi connectivity index (χ1n) is 6.53. The van der Waals surface area contributed by atoms with E-state index in [-0.39, 0.29) is 0 Å². The summed E-state index contributed by atoms with van der Waals surface area (Å²) in [6.45, 7) is 2.16. The second-order valence-electron chi connectivity index (χ2n) is 4.78. The number of halogens is 1. The maximum Gasteiger partial charge on any atom is 0.106 e. The van der Waals surface area contributed by atoms with Crippen LogP contribution in [-0.4, -0.2) is 18.1 Å². The molecule has 4 heteroatoms. The third-order valence-electron chi connectivity index (χ3n) is 3.42. The van der Waals surface area contributed by atoms with E-state index < -0.39 is 0 Å². The Labute approximate surface area is 119 Å². The Hall–Kier alpha value is -0.800. The third kappa shape index (κ3) is 3.36. The average Bonchev–Trinajstić information content (AvgIpc) is 2.29. The quantitative estimate of drug-likeness (QED) is 0.838. The summed E-state index contributed by atoms with van der Waals surface area (Å²) in [5.41, 5.74) is 7.84. The molecular formula is C14H19ClN2S. The molecule has 1 aliphatic rings. The fourth-order valence-corrected chi connectivity index (χ4v) is 2.81. The van der Waals surface area contributed by atoms with Gasteiger partial charge in [-0.2, -0.15) is 0 Å². The molecule has 1 aliphatic heterocycles. The molecule has 0 amide bonds. The molecule has 1 fully saturated rings. The topological polar surface area (TPSA) is 29.3 Å². The molecule has 0 bridgehead atoms. The van der Waals surface area contributed by atoms with Crippen molar-refractivity contribution in [3.8, 4) is 0 Å². The van der Waals surface area contributed by atoms with Crippen LogP contribution in [0.1, 0.15) is 37.7 Å². The summed E-state index contributed by atoms with van der Waals surface area (Å²) in [6.07, 6.45) is 6.45. The van der Waals surface area contributed by atoms with E-state index in [1.54, 1.807) is 0 Å². The molecule has 0 saturated carbocycles. The lowest BCUT2D eigenvalue weighted by Crippen LogP contribution is -2.29. The lowest BCUT2D eigenvalue weighted by atomic mass is 10.1. The Morgan fingerprint density at radius 2 is 1.72 bits per heavy atom. The van der Waals surface area contributed by atoms with Crippen molar-refractivity contribution in [2.45, 2.75) is 32.1 Å². The fraction of sp³-hybridized carbons (Fsp3) is 0.500. The fourth-order valence-electron chi connectivity index (χ4n) is 2.47. The van der Waals surface area contributed by atoms with Gasteiger partial charge in [-0.15, -0.1) is 0 Å². The minimum absolute atomic E-state index is 0.426. The van der Waals surface area contributed by atoms with Crippen LogP contribution in [0.4, 0.5) is 5.69 Å². The summed E-state index contributed by atoms with van der Waals surface area (Å²) in [7, 11) is 0. The zero-order valence-electron chi connectivity index (χ0n) is 10.5. The van der Waals surface area contributed by atoms with Gasteiger partial charge in [0.05, 0.1) is 0 Å². The SMILES string of the molecule is NC(=S)c1cc(Cl)ccc1N1CCCCCCC1. The van der Waals surface area contributed by atoms with E-state index in [1.165, 1.54) is 32.1 Å². The highest BCUT2D eigenvalue weighted by Crippen LogP contribution is 2.26. The van der Waals surface area contributed by atoms with Crippen LogP contribution in [0.5, 0.6) is 0 Å². The normalized spacial score (nSPS) is 17.1. The van der Waals surface area contributed by atoms with Crippen molar-refractivity contribution in [3.05, 3.63) is 28.8 Å². The van der Waals surface area contributed by atoms with Gasteiger partial charge in [0.2, 0.25) is 0 Å². The van der Waals surface area contributed by atoms with Crippen LogP contribution < -0.4 is 10.6 Å². The average molecular weight is 283 g/mol. The minimum Gasteiger partial charge on any atom is -0.389 e. The van der Waals surface area contributed by atoms with E-state index >= 15 is 0 Å². The minimum atomic E-state index is 0.426. The smallest absolute Gasteiger partial charge is 0.106 e. The predicted octanol–water partition coefficient (Wildman–Crippen LogP) is 3.74. The van der Waals surface area contributed by atoms with Crippen molar-refractivity contribution < 1.29 is 0 Å². The molecule has 2 rings (SSSR count). The number of benzene rings is 1. The van der Waals surface area contributed by atoms with Gasteiger partial charge in [-0.25, -0.2) is 0 Å². The van der Waals surface area contributed by atoms with Crippen molar-refractivity contribution in [2.75, 3.05) is 18.0 Å². The molecule has 0 atom stereocenters. The second-order valence-corrected chi connectivity index (χ2v) is 5.66. The highest BCUT2D eigenvalue weighted by atomic mass is 35.5. The molecule has 18 heavy (non-hydrogen) atoms. The molecule has 0 aliphatic carbocycles. The molecule has 0 unspecified atom stereocenters. The van der Waals surface area contributed by atoms with E-state index in [4.69, 9.17) is 29.6 Å². The van der Waals surface area contributed by atoms with Crippen molar-refractivity contribution in [1.29, 1.82) is 0 Å². The van der Waals surface area contributed by atoms with Gasteiger partial charge >= 0.3 is 0 Å². The van der Waals surface area contributed by atoms with Gasteiger partial charge in [0, 0.05) is 29.4 Å². The molecule has 0 radical (unpaired) electrons. The highest BCUT2D eigenvalue weighted by Gasteiger charge is 2.14. The van der Waals surface area contributed by atoms with Crippen molar-refractivity contribution in [2.24, 2.45) is 5.73 Å². The molecule has 2 nitrogen and oxygen atoms in total. The zero-order chi connectivity index (χ0) is 13.0. The summed E-state index contributed by atoms with van der Waals surface area (Å²) in [5, 5.41) is 0.689. The van der Waals surface area contributed by atoms with E-state index in [0.29, 0.717) is 10.0 Å². The molecule has 1 aromatic rings. The van der Waals surface area contributed by atoms with Gasteiger partial charge in [-0.3, -0.25) is 0 Å². The van der Waals surface area contributed by atoms with E-state index in [0.717, 1.165) is 24.3 Å². The van der Waals surface area contributed by atoms with Crippen molar-refractivity contribution in [3.63, 3.8) is 0 Å². The monoisotopic (exact) mass is 282 g/mol. The third-order valence-corrected chi connectivity index (χ3v) is 3.88. The Morgan fingerprint density at radius 1 is 1.11 bits per heavy atom. The molecule has 98 valence electrons. The Balaban J connectivity index is 2.27. The molecular weight excluding hydrogens is 264 g/mol. The van der Waals surface area contributed by atoms with Crippen molar-refractivity contribution >= 4 is 34.5 Å². The molecule has 0 spiro atoms. The lowest BCUT2D eigenvalue weighted by Gasteiger charge is -2.28. The van der Waals surface area contributed by atoms with Crippen LogP contribution in [-0.2, 0) is 0 Å². The van der Waals surface area contributed by atoms with E-state index in [9.17, 15) is 0 Å². The molecule has 2 N–H and O–H groups in total. The summed E-state index contributed by atoms with van der Waals surface area (Å²) in [4.78, 5) is 2.82. The van der Waals surface area contributed by atoms with Crippen LogP contribution in [0.3, 0.4) is 0 Å². The first kappa shape index (κ1) is 13.6. The van der Waals surface area contributed by atoms with Crippen LogP contribution in [0.2, 0.25) is 5.02 Å². The maximum absolute atomic E-state index is 6.02. The summed E-state index contributed by atoms with van der Waals surface area (Å²) in [6, 6.07) is 5.83. The number of anilines is 1. The standard InChI is InChI=1S/C14H19ClN2S/c15-11-6-7-13(12(10-11)14(16)18)17-8-4-2-1-3-5-9-17/h6-7,10H,1-5,8-9H2,(H2,16,18). The van der Waals surface area contributed by atoms with Crippen LogP contribution in [0.15, 0.2) is 18.2 Å². The number of nitrogens with zero attached hydrogens (tertiary/aromatic N) is 1. The van der Waals surface area contributed by atoms with Gasteiger partial charge in [0.1, 0.15) is 4.99 Å². The first-order chi connectivity index (χ1) is 8.68. The van der Waals surface area contributed by atoms with Gasteiger partial charge in [-0.1, -0.05) is 43.1 Å². The predicted molar refractivity (Wildman–Crippen MR) is 82.6 cm³/mol. The van der Waals surface area contributed by atoms with E-state index in [1.807, 2.05) is 18.2 Å². The number of hydrogen-bond acceptors (Lipinski definition) is 2. The summed E-state index contributed by atoms with van der Waals surface area (Å²) < 4.78 is 0. The second kappa shape index (κ2) is 6.39. The largest absolute Gasteiger partial charge is 0.389 e. The highest BCUT2D eigenvalue weighted by molar-refractivity contribution is 7.80. The van der Waals surface area contributed by atoms with Gasteiger partial charge in [0.25, 0.3) is 0 Å². The van der Waals surface area contributed by atoms with Gasteiger partial charge < -0.3 is 10.6 Å².